The summed E-state index contributed by atoms with van der Waals surface area (Å²) in [5.41, 5.74) is -0.678. The van der Waals surface area contributed by atoms with Crippen LogP contribution in [0.4, 0.5) is 13.2 Å². The highest BCUT2D eigenvalue weighted by atomic mass is 19.2. The van der Waals surface area contributed by atoms with Crippen LogP contribution in [0.3, 0.4) is 0 Å². The largest absolute Gasteiger partial charge is 0.503 e. The molecule has 1 heterocycles. The number of aliphatic hydroxyl groups is 1. The Bertz CT molecular complexity index is 551. The number of phenols is 1. The summed E-state index contributed by atoms with van der Waals surface area (Å²) in [5.74, 6) is -6.89. The van der Waals surface area contributed by atoms with Crippen molar-refractivity contribution in [2.75, 3.05) is 13.2 Å². The van der Waals surface area contributed by atoms with Crippen molar-refractivity contribution >= 4 is 5.91 Å². The summed E-state index contributed by atoms with van der Waals surface area (Å²) in [6, 6.07) is 0.299. The SMILES string of the molecule is O=C(c1cc(F)c(F)c(O)c1F)N1CCCC1CCCO. The molecular formula is C14H16F3NO3. The van der Waals surface area contributed by atoms with Crippen LogP contribution in [0.5, 0.6) is 5.75 Å². The number of phenolic OH excluding ortho intramolecular Hbond substituents is 1. The maximum atomic E-state index is 13.8. The van der Waals surface area contributed by atoms with Crippen LogP contribution in [-0.4, -0.2) is 40.2 Å². The highest BCUT2D eigenvalue weighted by molar-refractivity contribution is 5.95. The second kappa shape index (κ2) is 6.34. The first-order valence-electron chi connectivity index (χ1n) is 6.75. The van der Waals surface area contributed by atoms with Crippen LogP contribution < -0.4 is 0 Å². The molecule has 1 unspecified atom stereocenters. The summed E-state index contributed by atoms with van der Waals surface area (Å²) in [7, 11) is 0. The van der Waals surface area contributed by atoms with Crippen molar-refractivity contribution in [3.63, 3.8) is 0 Å². The molecule has 1 aromatic carbocycles. The topological polar surface area (TPSA) is 60.8 Å². The average Bonchev–Trinajstić information content (AvgIpc) is 2.94. The molecule has 0 radical (unpaired) electrons. The molecule has 116 valence electrons. The molecule has 1 aromatic rings. The first-order chi connectivity index (χ1) is 9.97. The number of aliphatic hydroxyl groups excluding tert-OH is 1. The lowest BCUT2D eigenvalue weighted by molar-refractivity contribution is 0.0718. The van der Waals surface area contributed by atoms with Gasteiger partial charge in [0.1, 0.15) is 0 Å². The lowest BCUT2D eigenvalue weighted by Crippen LogP contribution is -2.36. The second-order valence-corrected chi connectivity index (χ2v) is 5.04. The highest BCUT2D eigenvalue weighted by Crippen LogP contribution is 2.29. The van der Waals surface area contributed by atoms with E-state index < -0.39 is 34.7 Å². The number of carbonyl (C=O) groups excluding carboxylic acids is 1. The second-order valence-electron chi connectivity index (χ2n) is 5.04. The number of likely N-dealkylation sites (tertiary alicyclic amines) is 1. The fourth-order valence-electron chi connectivity index (χ4n) is 2.63. The van der Waals surface area contributed by atoms with Gasteiger partial charge in [-0.25, -0.2) is 8.78 Å². The number of carbonyl (C=O) groups is 1. The van der Waals surface area contributed by atoms with Gasteiger partial charge in [-0.1, -0.05) is 0 Å². The Hall–Kier alpha value is -1.76. The van der Waals surface area contributed by atoms with Crippen molar-refractivity contribution in [1.29, 1.82) is 0 Å². The number of hydrogen-bond acceptors (Lipinski definition) is 3. The third kappa shape index (κ3) is 2.97. The number of benzene rings is 1. The van der Waals surface area contributed by atoms with Gasteiger partial charge in [-0.2, -0.15) is 4.39 Å². The minimum atomic E-state index is -1.71. The smallest absolute Gasteiger partial charge is 0.257 e. The zero-order valence-corrected chi connectivity index (χ0v) is 11.3. The first-order valence-corrected chi connectivity index (χ1v) is 6.75. The monoisotopic (exact) mass is 303 g/mol. The van der Waals surface area contributed by atoms with Gasteiger partial charge in [0.25, 0.3) is 5.91 Å². The Balaban J connectivity index is 2.27. The van der Waals surface area contributed by atoms with E-state index in [9.17, 15) is 23.1 Å². The van der Waals surface area contributed by atoms with E-state index in [1.165, 1.54) is 4.90 Å². The Morgan fingerprint density at radius 3 is 2.71 bits per heavy atom. The van der Waals surface area contributed by atoms with Crippen LogP contribution in [0.15, 0.2) is 6.07 Å². The molecule has 0 bridgehead atoms. The minimum Gasteiger partial charge on any atom is -0.503 e. The van der Waals surface area contributed by atoms with E-state index in [-0.39, 0.29) is 12.6 Å². The molecule has 4 nitrogen and oxygen atoms in total. The molecule has 1 aliphatic rings. The number of rotatable bonds is 4. The maximum absolute atomic E-state index is 13.8. The minimum absolute atomic E-state index is 0.0150. The lowest BCUT2D eigenvalue weighted by atomic mass is 10.1. The normalized spacial score (nSPS) is 18.3. The molecule has 0 aromatic heterocycles. The third-order valence-corrected chi connectivity index (χ3v) is 3.70. The molecule has 1 atom stereocenters. The maximum Gasteiger partial charge on any atom is 0.257 e. The fourth-order valence-corrected chi connectivity index (χ4v) is 2.63. The summed E-state index contributed by atoms with van der Waals surface area (Å²) >= 11 is 0. The molecule has 1 amide bonds. The van der Waals surface area contributed by atoms with E-state index in [1.54, 1.807) is 0 Å². The Kier molecular flexibility index (Phi) is 4.72. The number of amides is 1. The molecule has 2 rings (SSSR count). The predicted molar refractivity (Wildman–Crippen MR) is 68.4 cm³/mol. The van der Waals surface area contributed by atoms with Crippen LogP contribution >= 0.6 is 0 Å². The molecule has 21 heavy (non-hydrogen) atoms. The van der Waals surface area contributed by atoms with E-state index >= 15 is 0 Å². The van der Waals surface area contributed by atoms with Gasteiger partial charge in [0.2, 0.25) is 5.82 Å². The van der Waals surface area contributed by atoms with Crippen molar-refractivity contribution in [3.05, 3.63) is 29.1 Å². The van der Waals surface area contributed by atoms with Crippen molar-refractivity contribution in [2.24, 2.45) is 0 Å². The lowest BCUT2D eigenvalue weighted by Gasteiger charge is -2.25. The average molecular weight is 303 g/mol. The number of hydrogen-bond donors (Lipinski definition) is 2. The predicted octanol–water partition coefficient (Wildman–Crippen LogP) is 2.19. The van der Waals surface area contributed by atoms with Gasteiger partial charge in [-0.05, 0) is 31.7 Å². The van der Waals surface area contributed by atoms with Crippen LogP contribution in [0.25, 0.3) is 0 Å². The van der Waals surface area contributed by atoms with Crippen molar-refractivity contribution < 1.29 is 28.2 Å². The Labute approximate surface area is 119 Å². The third-order valence-electron chi connectivity index (χ3n) is 3.70. The molecule has 0 aliphatic carbocycles. The summed E-state index contributed by atoms with van der Waals surface area (Å²) in [6.45, 7) is 0.368. The molecule has 2 N–H and O–H groups in total. The molecule has 1 fully saturated rings. The summed E-state index contributed by atoms with van der Waals surface area (Å²) < 4.78 is 40.1. The van der Waals surface area contributed by atoms with E-state index in [1.807, 2.05) is 0 Å². The van der Waals surface area contributed by atoms with Gasteiger partial charge in [0, 0.05) is 19.2 Å². The quantitative estimate of drug-likeness (QED) is 0.838. The molecular weight excluding hydrogens is 287 g/mol. The van der Waals surface area contributed by atoms with E-state index in [2.05, 4.69) is 0 Å². The van der Waals surface area contributed by atoms with E-state index in [0.717, 1.165) is 6.42 Å². The van der Waals surface area contributed by atoms with Crippen molar-refractivity contribution in [2.45, 2.75) is 31.7 Å². The Morgan fingerprint density at radius 1 is 1.33 bits per heavy atom. The fraction of sp³-hybridized carbons (Fsp3) is 0.500. The molecule has 1 aliphatic heterocycles. The van der Waals surface area contributed by atoms with Crippen LogP contribution in [0.2, 0.25) is 0 Å². The van der Waals surface area contributed by atoms with Gasteiger partial charge in [0.15, 0.2) is 17.4 Å². The standard InChI is InChI=1S/C14H16F3NO3/c15-10-7-9(11(16)13(20)12(10)17)14(21)18-5-1-3-8(18)4-2-6-19/h7-8,19-20H,1-6H2. The first kappa shape index (κ1) is 15.6. The van der Waals surface area contributed by atoms with Crippen molar-refractivity contribution in [3.8, 4) is 5.75 Å². The molecule has 0 spiro atoms. The number of nitrogens with zero attached hydrogens (tertiary/aromatic N) is 1. The van der Waals surface area contributed by atoms with E-state index in [0.29, 0.717) is 31.9 Å². The summed E-state index contributed by atoms with van der Waals surface area (Å²) in [5, 5.41) is 18.0. The van der Waals surface area contributed by atoms with Gasteiger partial charge in [-0.15, -0.1) is 0 Å². The molecule has 0 saturated carbocycles. The van der Waals surface area contributed by atoms with Gasteiger partial charge in [0.05, 0.1) is 5.56 Å². The van der Waals surface area contributed by atoms with Crippen LogP contribution in [-0.2, 0) is 0 Å². The number of halogens is 3. The van der Waals surface area contributed by atoms with Crippen molar-refractivity contribution in [1.82, 2.24) is 4.90 Å². The van der Waals surface area contributed by atoms with Gasteiger partial charge < -0.3 is 15.1 Å². The molecule has 1 saturated heterocycles. The van der Waals surface area contributed by atoms with E-state index in [4.69, 9.17) is 5.11 Å². The van der Waals surface area contributed by atoms with Crippen LogP contribution in [0, 0.1) is 17.5 Å². The summed E-state index contributed by atoms with van der Waals surface area (Å²) in [6.07, 6.45) is 2.49. The highest BCUT2D eigenvalue weighted by Gasteiger charge is 2.32. The summed E-state index contributed by atoms with van der Waals surface area (Å²) in [4.78, 5) is 13.7. The zero-order chi connectivity index (χ0) is 15.6. The van der Waals surface area contributed by atoms with Gasteiger partial charge in [-0.3, -0.25) is 4.79 Å². The molecule has 7 heteroatoms. The number of aromatic hydroxyl groups is 1. The zero-order valence-electron chi connectivity index (χ0n) is 11.3. The van der Waals surface area contributed by atoms with Crippen LogP contribution in [0.1, 0.15) is 36.0 Å². The Morgan fingerprint density at radius 2 is 2.05 bits per heavy atom. The van der Waals surface area contributed by atoms with Gasteiger partial charge >= 0.3 is 0 Å².